The van der Waals surface area contributed by atoms with Crippen LogP contribution in [-0.2, 0) is 4.79 Å². The van der Waals surface area contributed by atoms with E-state index in [1.54, 1.807) is 23.9 Å². The van der Waals surface area contributed by atoms with Crippen LogP contribution in [0, 0.1) is 10.1 Å². The molecule has 0 aromatic heterocycles. The number of rotatable bonds is 3. The summed E-state index contributed by atoms with van der Waals surface area (Å²) in [4.78, 5) is 21.8. The van der Waals surface area contributed by atoms with E-state index in [-0.39, 0.29) is 17.6 Å². The molecular weight excluding hydrogens is 242 g/mol. The number of anilines is 1. The van der Waals surface area contributed by atoms with Crippen LogP contribution < -0.4 is 10.6 Å². The molecule has 17 heavy (non-hydrogen) atoms. The van der Waals surface area contributed by atoms with E-state index in [2.05, 4.69) is 10.6 Å². The zero-order chi connectivity index (χ0) is 12.3. The summed E-state index contributed by atoms with van der Waals surface area (Å²) in [6.07, 6.45) is 0. The van der Waals surface area contributed by atoms with Crippen molar-refractivity contribution in [2.45, 2.75) is 6.04 Å². The molecular formula is C10H11N3O3S. The van der Waals surface area contributed by atoms with Crippen molar-refractivity contribution in [2.75, 3.05) is 16.9 Å². The molecule has 1 aliphatic rings. The third-order valence-corrected chi connectivity index (χ3v) is 3.30. The normalized spacial score (nSPS) is 18.9. The summed E-state index contributed by atoms with van der Waals surface area (Å²) in [7, 11) is 0. The van der Waals surface area contributed by atoms with Gasteiger partial charge in [-0.2, -0.15) is 0 Å². The van der Waals surface area contributed by atoms with Gasteiger partial charge in [-0.25, -0.2) is 0 Å². The van der Waals surface area contributed by atoms with Crippen LogP contribution in [0.4, 0.5) is 11.4 Å². The highest BCUT2D eigenvalue weighted by Gasteiger charge is 2.22. The molecule has 6 nitrogen and oxygen atoms in total. The number of nitrogens with zero attached hydrogens (tertiary/aromatic N) is 1. The monoisotopic (exact) mass is 253 g/mol. The van der Waals surface area contributed by atoms with Crippen LogP contribution in [0.1, 0.15) is 0 Å². The number of amides is 1. The number of nitro groups is 1. The van der Waals surface area contributed by atoms with Gasteiger partial charge in [0, 0.05) is 29.4 Å². The van der Waals surface area contributed by atoms with Crippen molar-refractivity contribution in [1.29, 1.82) is 0 Å². The fourth-order valence-electron chi connectivity index (χ4n) is 1.49. The first-order valence-electron chi connectivity index (χ1n) is 5.03. The van der Waals surface area contributed by atoms with Gasteiger partial charge in [-0.15, -0.1) is 11.8 Å². The minimum atomic E-state index is -0.487. The zero-order valence-corrected chi connectivity index (χ0v) is 9.70. The van der Waals surface area contributed by atoms with E-state index in [0.717, 1.165) is 11.6 Å². The molecule has 1 amide bonds. The summed E-state index contributed by atoms with van der Waals surface area (Å²) in [5.74, 6) is 1.32. The number of thioether (sulfide) groups is 1. The lowest BCUT2D eigenvalue weighted by Gasteiger charge is -2.10. The molecule has 0 aliphatic carbocycles. The average molecular weight is 253 g/mol. The molecule has 1 atom stereocenters. The lowest BCUT2D eigenvalue weighted by Crippen LogP contribution is -2.37. The highest BCUT2D eigenvalue weighted by Crippen LogP contribution is 2.18. The Morgan fingerprint density at radius 1 is 1.59 bits per heavy atom. The van der Waals surface area contributed by atoms with Crippen LogP contribution in [-0.4, -0.2) is 28.5 Å². The first-order valence-corrected chi connectivity index (χ1v) is 6.19. The molecule has 1 fully saturated rings. The molecule has 0 saturated carbocycles. The van der Waals surface area contributed by atoms with E-state index in [4.69, 9.17) is 0 Å². The Balaban J connectivity index is 2.05. The first kappa shape index (κ1) is 11.9. The van der Waals surface area contributed by atoms with Gasteiger partial charge in [0.1, 0.15) is 0 Å². The molecule has 2 N–H and O–H groups in total. The van der Waals surface area contributed by atoms with Crippen molar-refractivity contribution in [3.63, 3.8) is 0 Å². The fourth-order valence-corrected chi connectivity index (χ4v) is 2.43. The van der Waals surface area contributed by atoms with E-state index in [1.807, 2.05) is 0 Å². The second kappa shape index (κ2) is 5.15. The van der Waals surface area contributed by atoms with Gasteiger partial charge in [0.2, 0.25) is 5.91 Å². The standard InChI is InChI=1S/C10H11N3O3S/c14-10(9-5-17-6-11-9)12-7-2-1-3-8(4-7)13(15)16/h1-4,9,11H,5-6H2,(H,12,14). The maximum atomic E-state index is 11.7. The maximum Gasteiger partial charge on any atom is 0.271 e. The molecule has 0 bridgehead atoms. The molecule has 1 aliphatic heterocycles. The van der Waals surface area contributed by atoms with Gasteiger partial charge in [0.15, 0.2) is 0 Å². The molecule has 7 heteroatoms. The highest BCUT2D eigenvalue weighted by molar-refractivity contribution is 7.99. The lowest BCUT2D eigenvalue weighted by atomic mass is 10.2. The molecule has 1 heterocycles. The SMILES string of the molecule is O=C(Nc1cccc([N+](=O)[O-])c1)C1CSCN1. The molecule has 1 unspecified atom stereocenters. The Kier molecular flexibility index (Phi) is 3.60. The number of nitro benzene ring substituents is 1. The van der Waals surface area contributed by atoms with Gasteiger partial charge in [-0.1, -0.05) is 6.07 Å². The molecule has 90 valence electrons. The van der Waals surface area contributed by atoms with E-state index >= 15 is 0 Å². The third-order valence-electron chi connectivity index (χ3n) is 2.36. The summed E-state index contributed by atoms with van der Waals surface area (Å²) in [6, 6.07) is 5.69. The van der Waals surface area contributed by atoms with Crippen molar-refractivity contribution in [1.82, 2.24) is 5.32 Å². The topological polar surface area (TPSA) is 84.3 Å². The van der Waals surface area contributed by atoms with Crippen LogP contribution >= 0.6 is 11.8 Å². The van der Waals surface area contributed by atoms with Crippen LogP contribution in [0.5, 0.6) is 0 Å². The van der Waals surface area contributed by atoms with E-state index in [0.29, 0.717) is 5.69 Å². The number of benzene rings is 1. The summed E-state index contributed by atoms with van der Waals surface area (Å²) >= 11 is 1.65. The second-order valence-electron chi connectivity index (χ2n) is 3.57. The van der Waals surface area contributed by atoms with Crippen LogP contribution in [0.2, 0.25) is 0 Å². The van der Waals surface area contributed by atoms with Gasteiger partial charge in [-0.3, -0.25) is 20.2 Å². The fraction of sp³-hybridized carbons (Fsp3) is 0.300. The minimum absolute atomic E-state index is 0.0310. The number of nitrogens with one attached hydrogen (secondary N) is 2. The lowest BCUT2D eigenvalue weighted by molar-refractivity contribution is -0.384. The third kappa shape index (κ3) is 2.95. The van der Waals surface area contributed by atoms with Crippen LogP contribution in [0.3, 0.4) is 0 Å². The first-order chi connectivity index (χ1) is 8.16. The van der Waals surface area contributed by atoms with Crippen molar-refractivity contribution in [2.24, 2.45) is 0 Å². The predicted octanol–water partition coefficient (Wildman–Crippen LogP) is 1.20. The molecule has 2 rings (SSSR count). The van der Waals surface area contributed by atoms with E-state index in [9.17, 15) is 14.9 Å². The van der Waals surface area contributed by atoms with Crippen molar-refractivity contribution in [3.05, 3.63) is 34.4 Å². The largest absolute Gasteiger partial charge is 0.324 e. The number of hydrogen-bond acceptors (Lipinski definition) is 5. The average Bonchev–Trinajstić information content (AvgIpc) is 2.82. The Morgan fingerprint density at radius 3 is 3.06 bits per heavy atom. The second-order valence-corrected chi connectivity index (χ2v) is 4.60. The molecule has 1 aromatic rings. The van der Waals surface area contributed by atoms with Crippen LogP contribution in [0.25, 0.3) is 0 Å². The molecule has 1 saturated heterocycles. The Morgan fingerprint density at radius 2 is 2.41 bits per heavy atom. The van der Waals surface area contributed by atoms with Crippen molar-refractivity contribution in [3.8, 4) is 0 Å². The Labute approximate surface area is 102 Å². The summed E-state index contributed by atoms with van der Waals surface area (Å²) < 4.78 is 0. The number of carbonyl (C=O) groups excluding carboxylic acids is 1. The maximum absolute atomic E-state index is 11.7. The van der Waals surface area contributed by atoms with Gasteiger partial charge in [0.05, 0.1) is 11.0 Å². The van der Waals surface area contributed by atoms with Gasteiger partial charge in [-0.05, 0) is 6.07 Å². The molecule has 1 aromatic carbocycles. The van der Waals surface area contributed by atoms with Gasteiger partial charge in [0.25, 0.3) is 5.69 Å². The number of non-ortho nitro benzene ring substituents is 1. The van der Waals surface area contributed by atoms with Gasteiger partial charge < -0.3 is 5.32 Å². The van der Waals surface area contributed by atoms with E-state index < -0.39 is 4.92 Å². The highest BCUT2D eigenvalue weighted by atomic mass is 32.2. The van der Waals surface area contributed by atoms with Crippen molar-refractivity contribution >= 4 is 29.0 Å². The number of carbonyl (C=O) groups is 1. The Bertz CT molecular complexity index is 446. The van der Waals surface area contributed by atoms with Crippen LogP contribution in [0.15, 0.2) is 24.3 Å². The zero-order valence-electron chi connectivity index (χ0n) is 8.88. The minimum Gasteiger partial charge on any atom is -0.324 e. The molecule has 0 spiro atoms. The summed E-state index contributed by atoms with van der Waals surface area (Å²) in [5.41, 5.74) is 0.416. The van der Waals surface area contributed by atoms with Gasteiger partial charge >= 0.3 is 0 Å². The predicted molar refractivity (Wildman–Crippen MR) is 66.0 cm³/mol. The number of hydrogen-bond donors (Lipinski definition) is 2. The quantitative estimate of drug-likeness (QED) is 0.624. The van der Waals surface area contributed by atoms with Crippen molar-refractivity contribution < 1.29 is 9.72 Å². The smallest absolute Gasteiger partial charge is 0.271 e. The summed E-state index contributed by atoms with van der Waals surface area (Å²) in [6.45, 7) is 0. The Hall–Kier alpha value is -1.60. The summed E-state index contributed by atoms with van der Waals surface area (Å²) in [5, 5.41) is 16.3. The van der Waals surface area contributed by atoms with E-state index in [1.165, 1.54) is 12.1 Å². The molecule has 0 radical (unpaired) electrons.